The predicted molar refractivity (Wildman–Crippen MR) is 76.3 cm³/mol. The molecular formula is C14H23N5O. The van der Waals surface area contributed by atoms with Crippen molar-refractivity contribution in [3.8, 4) is 0 Å². The summed E-state index contributed by atoms with van der Waals surface area (Å²) in [5.41, 5.74) is 1.06. The smallest absolute Gasteiger partial charge is 0.230 e. The summed E-state index contributed by atoms with van der Waals surface area (Å²) in [5.74, 6) is 1.29. The van der Waals surface area contributed by atoms with Crippen LogP contribution in [0, 0.1) is 6.92 Å². The first-order valence-corrected chi connectivity index (χ1v) is 6.90. The molecule has 1 atom stereocenters. The number of aryl methyl sites for hydroxylation is 1. The maximum atomic E-state index is 5.65. The lowest BCUT2D eigenvalue weighted by Gasteiger charge is -2.13. The zero-order valence-electron chi connectivity index (χ0n) is 12.8. The quantitative estimate of drug-likeness (QED) is 0.906. The van der Waals surface area contributed by atoms with E-state index in [4.69, 9.17) is 4.42 Å². The fourth-order valence-electron chi connectivity index (χ4n) is 1.80. The molecule has 0 aliphatic carbocycles. The number of rotatable bonds is 5. The summed E-state index contributed by atoms with van der Waals surface area (Å²) in [6, 6.07) is 0.277. The number of aromatic nitrogens is 4. The van der Waals surface area contributed by atoms with E-state index in [-0.39, 0.29) is 11.5 Å². The highest BCUT2D eigenvalue weighted by Crippen LogP contribution is 2.20. The van der Waals surface area contributed by atoms with Crippen LogP contribution in [0.4, 0.5) is 0 Å². The predicted octanol–water partition coefficient (Wildman–Crippen LogP) is 2.05. The van der Waals surface area contributed by atoms with Gasteiger partial charge in [-0.1, -0.05) is 20.8 Å². The molecule has 0 amide bonds. The van der Waals surface area contributed by atoms with Crippen molar-refractivity contribution >= 4 is 0 Å². The van der Waals surface area contributed by atoms with E-state index in [2.05, 4.69) is 48.3 Å². The third-order valence-corrected chi connectivity index (χ3v) is 2.93. The Morgan fingerprint density at radius 2 is 2.10 bits per heavy atom. The van der Waals surface area contributed by atoms with Crippen LogP contribution in [0.5, 0.6) is 0 Å². The largest absolute Gasteiger partial charge is 0.423 e. The van der Waals surface area contributed by atoms with Gasteiger partial charge in [0.05, 0.1) is 19.3 Å². The number of hydrogen-bond donors (Lipinski definition) is 1. The van der Waals surface area contributed by atoms with Gasteiger partial charge in [0.25, 0.3) is 0 Å². The highest BCUT2D eigenvalue weighted by molar-refractivity contribution is 4.99. The highest BCUT2D eigenvalue weighted by atomic mass is 16.4. The van der Waals surface area contributed by atoms with Gasteiger partial charge in [-0.05, 0) is 19.4 Å². The fourth-order valence-corrected chi connectivity index (χ4v) is 1.80. The number of hydrogen-bond acceptors (Lipinski definition) is 5. The van der Waals surface area contributed by atoms with E-state index < -0.39 is 0 Å². The van der Waals surface area contributed by atoms with Crippen molar-refractivity contribution in [3.63, 3.8) is 0 Å². The monoisotopic (exact) mass is 277 g/mol. The van der Waals surface area contributed by atoms with E-state index in [9.17, 15) is 0 Å². The van der Waals surface area contributed by atoms with E-state index in [0.717, 1.165) is 6.54 Å². The molecule has 2 aromatic heterocycles. The van der Waals surface area contributed by atoms with Crippen LogP contribution in [0.15, 0.2) is 16.8 Å². The first-order chi connectivity index (χ1) is 9.34. The van der Waals surface area contributed by atoms with Gasteiger partial charge in [0.1, 0.15) is 0 Å². The molecule has 0 aliphatic rings. The molecule has 0 unspecified atom stereocenters. The van der Waals surface area contributed by atoms with Gasteiger partial charge in [0.2, 0.25) is 11.8 Å². The SMILES string of the molecule is Cc1cnn(C[C@@H](C)NCc2nnc(C(C)(C)C)o2)c1. The maximum absolute atomic E-state index is 5.65. The minimum atomic E-state index is -0.108. The van der Waals surface area contributed by atoms with Crippen molar-refractivity contribution in [3.05, 3.63) is 29.7 Å². The number of nitrogens with zero attached hydrogens (tertiary/aromatic N) is 4. The van der Waals surface area contributed by atoms with Gasteiger partial charge in [-0.15, -0.1) is 10.2 Å². The van der Waals surface area contributed by atoms with Crippen molar-refractivity contribution < 1.29 is 4.42 Å². The van der Waals surface area contributed by atoms with Crippen molar-refractivity contribution in [1.82, 2.24) is 25.3 Å². The van der Waals surface area contributed by atoms with Gasteiger partial charge < -0.3 is 9.73 Å². The van der Waals surface area contributed by atoms with Gasteiger partial charge in [0.15, 0.2) is 0 Å². The van der Waals surface area contributed by atoms with Crippen LogP contribution in [0.3, 0.4) is 0 Å². The van der Waals surface area contributed by atoms with Gasteiger partial charge in [-0.3, -0.25) is 4.68 Å². The molecule has 2 aromatic rings. The first-order valence-electron chi connectivity index (χ1n) is 6.90. The Morgan fingerprint density at radius 3 is 2.65 bits per heavy atom. The van der Waals surface area contributed by atoms with Gasteiger partial charge in [-0.2, -0.15) is 5.10 Å². The van der Waals surface area contributed by atoms with Gasteiger partial charge >= 0.3 is 0 Å². The molecule has 0 saturated carbocycles. The van der Waals surface area contributed by atoms with Crippen molar-refractivity contribution in [2.24, 2.45) is 0 Å². The standard InChI is InChI=1S/C14H23N5O/c1-10-6-16-19(8-10)9-11(2)15-7-12-17-18-13(20-12)14(3,4)5/h6,8,11,15H,7,9H2,1-5H3/t11-/m1/s1. The summed E-state index contributed by atoms with van der Waals surface area (Å²) in [6.45, 7) is 11.7. The fraction of sp³-hybridized carbons (Fsp3) is 0.643. The summed E-state index contributed by atoms with van der Waals surface area (Å²) in [4.78, 5) is 0. The molecule has 0 saturated heterocycles. The lowest BCUT2D eigenvalue weighted by molar-refractivity contribution is 0.353. The van der Waals surface area contributed by atoms with E-state index >= 15 is 0 Å². The number of nitrogens with one attached hydrogen (secondary N) is 1. The Labute approximate surface area is 119 Å². The van der Waals surface area contributed by atoms with Crippen LogP contribution in [0.2, 0.25) is 0 Å². The topological polar surface area (TPSA) is 68.8 Å². The molecule has 0 bridgehead atoms. The molecule has 2 heterocycles. The van der Waals surface area contributed by atoms with Crippen LogP contribution in [-0.4, -0.2) is 26.0 Å². The maximum Gasteiger partial charge on any atom is 0.230 e. The Morgan fingerprint density at radius 1 is 1.35 bits per heavy atom. The zero-order valence-corrected chi connectivity index (χ0v) is 12.8. The third-order valence-electron chi connectivity index (χ3n) is 2.93. The van der Waals surface area contributed by atoms with Crippen LogP contribution >= 0.6 is 0 Å². The van der Waals surface area contributed by atoms with Crippen LogP contribution in [-0.2, 0) is 18.5 Å². The summed E-state index contributed by atoms with van der Waals surface area (Å²) in [5, 5.41) is 15.8. The summed E-state index contributed by atoms with van der Waals surface area (Å²) < 4.78 is 7.58. The zero-order chi connectivity index (χ0) is 14.8. The molecule has 0 radical (unpaired) electrons. The van der Waals surface area contributed by atoms with E-state index in [0.29, 0.717) is 18.3 Å². The second-order valence-electron chi connectivity index (χ2n) is 6.27. The molecule has 6 heteroatoms. The average Bonchev–Trinajstić information content (AvgIpc) is 2.95. The molecule has 0 spiro atoms. The Balaban J connectivity index is 1.84. The Hall–Kier alpha value is -1.69. The van der Waals surface area contributed by atoms with Crippen LogP contribution in [0.25, 0.3) is 0 Å². The first kappa shape index (κ1) is 14.7. The second kappa shape index (κ2) is 5.75. The normalized spacial score (nSPS) is 13.7. The second-order valence-corrected chi connectivity index (χ2v) is 6.27. The lowest BCUT2D eigenvalue weighted by atomic mass is 9.97. The minimum Gasteiger partial charge on any atom is -0.423 e. The van der Waals surface area contributed by atoms with Crippen molar-refractivity contribution in [1.29, 1.82) is 0 Å². The van der Waals surface area contributed by atoms with E-state index in [1.807, 2.05) is 24.0 Å². The van der Waals surface area contributed by atoms with Crippen molar-refractivity contribution in [2.45, 2.75) is 59.2 Å². The molecule has 1 N–H and O–H groups in total. The Kier molecular flexibility index (Phi) is 4.23. The lowest BCUT2D eigenvalue weighted by Crippen LogP contribution is -2.30. The molecule has 6 nitrogen and oxygen atoms in total. The summed E-state index contributed by atoms with van der Waals surface area (Å²) >= 11 is 0. The molecule has 2 rings (SSSR count). The van der Waals surface area contributed by atoms with E-state index in [1.54, 1.807) is 0 Å². The van der Waals surface area contributed by atoms with Crippen molar-refractivity contribution in [2.75, 3.05) is 0 Å². The van der Waals surface area contributed by atoms with Gasteiger partial charge in [-0.25, -0.2) is 0 Å². The summed E-state index contributed by atoms with van der Waals surface area (Å²) in [6.07, 6.45) is 3.89. The molecular weight excluding hydrogens is 254 g/mol. The molecule has 0 aromatic carbocycles. The third kappa shape index (κ3) is 3.90. The van der Waals surface area contributed by atoms with E-state index in [1.165, 1.54) is 5.56 Å². The molecule has 110 valence electrons. The van der Waals surface area contributed by atoms with Gasteiger partial charge in [0, 0.05) is 17.7 Å². The average molecular weight is 277 g/mol. The highest BCUT2D eigenvalue weighted by Gasteiger charge is 2.21. The molecule has 0 fully saturated rings. The van der Waals surface area contributed by atoms with Crippen LogP contribution < -0.4 is 5.32 Å². The Bertz CT molecular complexity index is 552. The molecule has 0 aliphatic heterocycles. The molecule has 20 heavy (non-hydrogen) atoms. The minimum absolute atomic E-state index is 0.108. The van der Waals surface area contributed by atoms with Crippen LogP contribution in [0.1, 0.15) is 45.0 Å². The summed E-state index contributed by atoms with van der Waals surface area (Å²) in [7, 11) is 0.